The van der Waals surface area contributed by atoms with Crippen LogP contribution in [0.3, 0.4) is 0 Å². The molecule has 0 bridgehead atoms. The minimum absolute atomic E-state index is 0.0220. The highest BCUT2D eigenvalue weighted by molar-refractivity contribution is 5.78. The molecule has 0 aliphatic carbocycles. The number of hydrogen-bond donors (Lipinski definition) is 1. The van der Waals surface area contributed by atoms with Crippen molar-refractivity contribution < 1.29 is 14.3 Å². The van der Waals surface area contributed by atoms with Gasteiger partial charge in [-0.1, -0.05) is 6.07 Å². The molecule has 6 nitrogen and oxygen atoms in total. The molecule has 6 heteroatoms. The van der Waals surface area contributed by atoms with Crippen LogP contribution in [-0.2, 0) is 10.3 Å². The van der Waals surface area contributed by atoms with Crippen LogP contribution in [0.5, 0.6) is 11.5 Å². The van der Waals surface area contributed by atoms with Crippen molar-refractivity contribution in [1.82, 2.24) is 9.47 Å². The molecular weight excluding hydrogens is 402 g/mol. The van der Waals surface area contributed by atoms with Gasteiger partial charge in [0, 0.05) is 25.0 Å². The van der Waals surface area contributed by atoms with Gasteiger partial charge in [-0.25, -0.2) is 0 Å². The normalized spacial score (nSPS) is 16.2. The molecule has 1 N–H and O–H groups in total. The molecule has 3 heterocycles. The number of amides is 1. The van der Waals surface area contributed by atoms with Crippen LogP contribution in [0.15, 0.2) is 54.7 Å². The first kappa shape index (κ1) is 20.5. The van der Waals surface area contributed by atoms with Crippen LogP contribution in [0.1, 0.15) is 29.7 Å². The molecule has 0 atom stereocenters. The number of rotatable bonds is 4. The maximum atomic E-state index is 12.8. The maximum Gasteiger partial charge on any atom is 0.260 e. The van der Waals surface area contributed by atoms with Crippen LogP contribution >= 0.6 is 0 Å². The van der Waals surface area contributed by atoms with Crippen LogP contribution in [0.25, 0.3) is 5.69 Å². The van der Waals surface area contributed by atoms with Crippen molar-refractivity contribution >= 4 is 11.6 Å². The Morgan fingerprint density at radius 2 is 1.75 bits per heavy atom. The molecule has 0 saturated carbocycles. The lowest BCUT2D eigenvalue weighted by atomic mass is 9.82. The van der Waals surface area contributed by atoms with E-state index in [-0.39, 0.29) is 18.1 Å². The Morgan fingerprint density at radius 1 is 1.03 bits per heavy atom. The lowest BCUT2D eigenvalue weighted by Crippen LogP contribution is -2.51. The maximum absolute atomic E-state index is 12.8. The van der Waals surface area contributed by atoms with Crippen molar-refractivity contribution in [2.24, 2.45) is 0 Å². The van der Waals surface area contributed by atoms with E-state index < -0.39 is 0 Å². The first-order valence-electron chi connectivity index (χ1n) is 11.1. The van der Waals surface area contributed by atoms with E-state index in [4.69, 9.17) is 9.47 Å². The van der Waals surface area contributed by atoms with Gasteiger partial charge in [-0.15, -0.1) is 0 Å². The Labute approximate surface area is 188 Å². The molecule has 166 valence electrons. The number of nitrogens with zero attached hydrogens (tertiary/aromatic N) is 2. The number of fused-ring (bicyclic) bond motifs is 4. The summed E-state index contributed by atoms with van der Waals surface area (Å²) < 4.78 is 13.2. The SMILES string of the molecule is COc1ccc(OCC(=O)N2CCC3(CC2)Nc2ccc(C)c(C)c2-n2cccc23)cc1. The summed E-state index contributed by atoms with van der Waals surface area (Å²) in [5.41, 5.74) is 6.11. The Morgan fingerprint density at radius 3 is 2.47 bits per heavy atom. The third kappa shape index (κ3) is 3.40. The number of benzene rings is 2. The van der Waals surface area contributed by atoms with E-state index in [9.17, 15) is 4.79 Å². The number of aromatic nitrogens is 1. The van der Waals surface area contributed by atoms with E-state index >= 15 is 0 Å². The summed E-state index contributed by atoms with van der Waals surface area (Å²) in [6.45, 7) is 5.78. The third-order valence-electron chi connectivity index (χ3n) is 6.95. The fourth-order valence-corrected chi connectivity index (χ4v) is 4.93. The number of piperidine rings is 1. The first-order chi connectivity index (χ1) is 15.5. The molecule has 1 aromatic heterocycles. The van der Waals surface area contributed by atoms with Crippen molar-refractivity contribution in [2.75, 3.05) is 32.1 Å². The number of carbonyl (C=O) groups is 1. The average molecular weight is 432 g/mol. The molecule has 1 spiro atoms. The van der Waals surface area contributed by atoms with Gasteiger partial charge in [0.25, 0.3) is 5.91 Å². The molecule has 0 unspecified atom stereocenters. The van der Waals surface area contributed by atoms with Gasteiger partial charge in [0.15, 0.2) is 6.61 Å². The van der Waals surface area contributed by atoms with Crippen molar-refractivity contribution in [3.8, 4) is 17.2 Å². The fourth-order valence-electron chi connectivity index (χ4n) is 4.93. The number of nitrogens with one attached hydrogen (secondary N) is 1. The summed E-state index contributed by atoms with van der Waals surface area (Å²) in [5.74, 6) is 1.46. The number of anilines is 1. The average Bonchev–Trinajstić information content (AvgIpc) is 3.32. The van der Waals surface area contributed by atoms with E-state index in [1.54, 1.807) is 7.11 Å². The van der Waals surface area contributed by atoms with E-state index in [2.05, 4.69) is 54.2 Å². The van der Waals surface area contributed by atoms with Crippen LogP contribution in [0.4, 0.5) is 5.69 Å². The first-order valence-corrected chi connectivity index (χ1v) is 11.1. The molecule has 2 aliphatic rings. The Hall–Kier alpha value is -3.41. The van der Waals surface area contributed by atoms with E-state index in [0.717, 1.165) is 18.6 Å². The third-order valence-corrected chi connectivity index (χ3v) is 6.95. The quantitative estimate of drug-likeness (QED) is 0.664. The zero-order chi connectivity index (χ0) is 22.3. The second-order valence-corrected chi connectivity index (χ2v) is 8.72. The molecule has 32 heavy (non-hydrogen) atoms. The van der Waals surface area contributed by atoms with Crippen molar-refractivity contribution in [3.63, 3.8) is 0 Å². The van der Waals surface area contributed by atoms with Gasteiger partial charge in [-0.2, -0.15) is 0 Å². The Kier molecular flexibility index (Phi) is 5.08. The molecule has 2 aromatic carbocycles. The Balaban J connectivity index is 1.28. The van der Waals surface area contributed by atoms with Gasteiger partial charge in [-0.3, -0.25) is 4.79 Å². The standard InChI is InChI=1S/C26H29N3O3/c1-18-6-11-22-25(19(18)2)29-14-4-5-23(29)26(27-22)12-15-28(16-13-26)24(30)17-32-21-9-7-20(31-3)8-10-21/h4-11,14,27H,12-13,15-17H2,1-3H3. The molecule has 2 aliphatic heterocycles. The summed E-state index contributed by atoms with van der Waals surface area (Å²) in [6.07, 6.45) is 3.87. The van der Waals surface area contributed by atoms with Gasteiger partial charge < -0.3 is 24.3 Å². The van der Waals surface area contributed by atoms with Crippen LogP contribution in [0.2, 0.25) is 0 Å². The zero-order valence-electron chi connectivity index (χ0n) is 18.9. The monoisotopic (exact) mass is 431 g/mol. The van der Waals surface area contributed by atoms with Crippen LogP contribution in [-0.4, -0.2) is 42.2 Å². The summed E-state index contributed by atoms with van der Waals surface area (Å²) in [5, 5.41) is 3.85. The molecule has 1 saturated heterocycles. The summed E-state index contributed by atoms with van der Waals surface area (Å²) >= 11 is 0. The number of carbonyl (C=O) groups excluding carboxylic acids is 1. The van der Waals surface area contributed by atoms with Gasteiger partial charge in [-0.05, 0) is 80.3 Å². The zero-order valence-corrected chi connectivity index (χ0v) is 18.9. The number of methoxy groups -OCH3 is 1. The van der Waals surface area contributed by atoms with Crippen molar-refractivity contribution in [1.29, 1.82) is 0 Å². The van der Waals surface area contributed by atoms with E-state index in [0.29, 0.717) is 18.8 Å². The topological polar surface area (TPSA) is 55.7 Å². The van der Waals surface area contributed by atoms with E-state index in [1.165, 1.54) is 28.2 Å². The molecule has 1 fully saturated rings. The molecule has 0 radical (unpaired) electrons. The lowest BCUT2D eigenvalue weighted by Gasteiger charge is -2.46. The highest BCUT2D eigenvalue weighted by Crippen LogP contribution is 2.44. The number of hydrogen-bond acceptors (Lipinski definition) is 4. The molecule has 3 aromatic rings. The van der Waals surface area contributed by atoms with Gasteiger partial charge in [0.05, 0.1) is 24.0 Å². The molecule has 5 rings (SSSR count). The van der Waals surface area contributed by atoms with Gasteiger partial charge in [0.1, 0.15) is 11.5 Å². The smallest absolute Gasteiger partial charge is 0.260 e. The number of likely N-dealkylation sites (tertiary alicyclic amines) is 1. The molecule has 1 amide bonds. The van der Waals surface area contributed by atoms with Crippen LogP contribution in [0, 0.1) is 13.8 Å². The second kappa shape index (κ2) is 7.93. The van der Waals surface area contributed by atoms with Crippen molar-refractivity contribution in [2.45, 2.75) is 32.2 Å². The predicted octanol–water partition coefficient (Wildman–Crippen LogP) is 4.42. The number of ether oxygens (including phenoxy) is 2. The summed E-state index contributed by atoms with van der Waals surface area (Å²) in [6, 6.07) is 16.0. The van der Waals surface area contributed by atoms with Gasteiger partial charge in [0.2, 0.25) is 0 Å². The van der Waals surface area contributed by atoms with Crippen LogP contribution < -0.4 is 14.8 Å². The minimum Gasteiger partial charge on any atom is -0.497 e. The largest absolute Gasteiger partial charge is 0.497 e. The summed E-state index contributed by atoms with van der Waals surface area (Å²) in [7, 11) is 1.63. The summed E-state index contributed by atoms with van der Waals surface area (Å²) in [4.78, 5) is 14.7. The van der Waals surface area contributed by atoms with E-state index in [1.807, 2.05) is 29.2 Å². The second-order valence-electron chi connectivity index (χ2n) is 8.72. The molecular formula is C26H29N3O3. The predicted molar refractivity (Wildman–Crippen MR) is 125 cm³/mol. The highest BCUT2D eigenvalue weighted by Gasteiger charge is 2.42. The lowest BCUT2D eigenvalue weighted by molar-refractivity contribution is -0.134. The van der Waals surface area contributed by atoms with Crippen molar-refractivity contribution in [3.05, 3.63) is 71.5 Å². The fraction of sp³-hybridized carbons (Fsp3) is 0.346. The highest BCUT2D eigenvalue weighted by atomic mass is 16.5. The van der Waals surface area contributed by atoms with Gasteiger partial charge >= 0.3 is 0 Å². The minimum atomic E-state index is -0.161. The Bertz CT molecular complexity index is 1140. The number of aryl methyl sites for hydroxylation is 1.